The summed E-state index contributed by atoms with van der Waals surface area (Å²) in [6, 6.07) is 20.7. The van der Waals surface area contributed by atoms with Crippen LogP contribution in [0.25, 0.3) is 6.08 Å². The van der Waals surface area contributed by atoms with Gasteiger partial charge in [0.15, 0.2) is 11.5 Å². The van der Waals surface area contributed by atoms with Crippen LogP contribution >= 0.6 is 0 Å². The van der Waals surface area contributed by atoms with Gasteiger partial charge in [-0.3, -0.25) is 4.79 Å². The van der Waals surface area contributed by atoms with Gasteiger partial charge in [-0.15, -0.1) is 0 Å². The first-order chi connectivity index (χ1) is 16.0. The fourth-order valence-electron chi connectivity index (χ4n) is 3.11. The van der Waals surface area contributed by atoms with Gasteiger partial charge < -0.3 is 24.3 Å². The molecule has 1 amide bonds. The number of hydrogen-bond acceptors (Lipinski definition) is 5. The number of hydrogen-bond donors (Lipinski definition) is 1. The fourth-order valence-corrected chi connectivity index (χ4v) is 3.11. The molecule has 3 rings (SSSR count). The highest BCUT2D eigenvalue weighted by molar-refractivity contribution is 6.02. The summed E-state index contributed by atoms with van der Waals surface area (Å²) in [5.74, 6) is 2.05. The van der Waals surface area contributed by atoms with Crippen LogP contribution in [0.1, 0.15) is 25.0 Å². The molecule has 0 aromatic heterocycles. The molecule has 0 aliphatic heterocycles. The molecule has 3 aromatic rings. The van der Waals surface area contributed by atoms with Gasteiger partial charge in [-0.05, 0) is 67.4 Å². The predicted octanol–water partition coefficient (Wildman–Crippen LogP) is 5.72. The number of benzene rings is 3. The van der Waals surface area contributed by atoms with E-state index in [0.29, 0.717) is 29.5 Å². The second kappa shape index (κ2) is 11.6. The largest absolute Gasteiger partial charge is 0.493 e. The Morgan fingerprint density at radius 1 is 0.939 bits per heavy atom. The second-order valence-corrected chi connectivity index (χ2v) is 7.54. The summed E-state index contributed by atoms with van der Waals surface area (Å²) in [5, 5.41) is 2.83. The molecule has 0 radical (unpaired) electrons. The van der Waals surface area contributed by atoms with Gasteiger partial charge >= 0.3 is 0 Å². The van der Waals surface area contributed by atoms with Crippen LogP contribution in [-0.2, 0) is 11.4 Å². The number of nitrogens with one attached hydrogen (secondary N) is 1. The molecule has 6 nitrogen and oxygen atoms in total. The van der Waals surface area contributed by atoms with E-state index in [1.54, 1.807) is 44.6 Å². The van der Waals surface area contributed by atoms with E-state index in [1.807, 2.05) is 56.3 Å². The Morgan fingerprint density at radius 3 is 2.15 bits per heavy atom. The molecular formula is C27H29NO5. The lowest BCUT2D eigenvalue weighted by atomic mass is 10.1. The fraction of sp³-hybridized carbons (Fsp3) is 0.222. The Morgan fingerprint density at radius 2 is 1.58 bits per heavy atom. The molecule has 0 unspecified atom stereocenters. The van der Waals surface area contributed by atoms with Crippen LogP contribution in [0.4, 0.5) is 5.69 Å². The average Bonchev–Trinajstić information content (AvgIpc) is 2.82. The van der Waals surface area contributed by atoms with Crippen LogP contribution in [0.15, 0.2) is 72.8 Å². The normalized spacial score (nSPS) is 10.8. The smallest absolute Gasteiger partial charge is 0.248 e. The standard InChI is InChI=1S/C27H29NO5/c1-19(2)33-23-13-11-22(12-14-23)28-26(29)15-10-21-16-24(30-3)27(25(17-21)31-4)32-18-20-8-6-5-7-9-20/h5-17,19H,18H2,1-4H3,(H,28,29). The second-order valence-electron chi connectivity index (χ2n) is 7.54. The van der Waals surface area contributed by atoms with E-state index in [4.69, 9.17) is 18.9 Å². The first-order valence-corrected chi connectivity index (χ1v) is 10.7. The van der Waals surface area contributed by atoms with E-state index >= 15 is 0 Å². The molecule has 172 valence electrons. The van der Waals surface area contributed by atoms with Crippen molar-refractivity contribution in [2.45, 2.75) is 26.6 Å². The van der Waals surface area contributed by atoms with E-state index in [0.717, 1.165) is 16.9 Å². The molecule has 0 atom stereocenters. The summed E-state index contributed by atoms with van der Waals surface area (Å²) in [7, 11) is 3.13. The minimum absolute atomic E-state index is 0.0949. The van der Waals surface area contributed by atoms with Crippen LogP contribution in [0, 0.1) is 0 Å². The third-order valence-corrected chi connectivity index (χ3v) is 4.63. The van der Waals surface area contributed by atoms with Crippen molar-refractivity contribution in [3.8, 4) is 23.0 Å². The molecule has 0 bridgehead atoms. The van der Waals surface area contributed by atoms with Crippen molar-refractivity contribution < 1.29 is 23.7 Å². The molecule has 1 N–H and O–H groups in total. The monoisotopic (exact) mass is 447 g/mol. The summed E-state index contributed by atoms with van der Waals surface area (Å²) in [6.45, 7) is 4.31. The molecule has 0 saturated heterocycles. The van der Waals surface area contributed by atoms with Gasteiger partial charge in [0.25, 0.3) is 0 Å². The van der Waals surface area contributed by atoms with Gasteiger partial charge in [0.2, 0.25) is 11.7 Å². The molecule has 0 aliphatic carbocycles. The van der Waals surface area contributed by atoms with Gasteiger partial charge in [0, 0.05) is 11.8 Å². The maximum absolute atomic E-state index is 12.4. The highest BCUT2D eigenvalue weighted by atomic mass is 16.5. The van der Waals surface area contributed by atoms with Crippen LogP contribution in [0.2, 0.25) is 0 Å². The highest BCUT2D eigenvalue weighted by Gasteiger charge is 2.14. The summed E-state index contributed by atoms with van der Waals surface area (Å²) < 4.78 is 22.6. The van der Waals surface area contributed by atoms with Gasteiger partial charge in [0.05, 0.1) is 20.3 Å². The van der Waals surface area contributed by atoms with Gasteiger partial charge in [0.1, 0.15) is 12.4 Å². The Bertz CT molecular complexity index is 1050. The SMILES string of the molecule is COc1cc(C=CC(=O)Nc2ccc(OC(C)C)cc2)cc(OC)c1OCc1ccccc1. The van der Waals surface area contributed by atoms with E-state index in [2.05, 4.69) is 5.32 Å². The van der Waals surface area contributed by atoms with Crippen molar-refractivity contribution in [3.05, 3.63) is 83.9 Å². The summed E-state index contributed by atoms with van der Waals surface area (Å²) >= 11 is 0. The quantitative estimate of drug-likeness (QED) is 0.403. The van der Waals surface area contributed by atoms with Gasteiger partial charge in [-0.25, -0.2) is 0 Å². The summed E-state index contributed by atoms with van der Waals surface area (Å²) in [5.41, 5.74) is 2.46. The Labute approximate surface area is 194 Å². The van der Waals surface area contributed by atoms with Crippen LogP contribution in [-0.4, -0.2) is 26.2 Å². The lowest BCUT2D eigenvalue weighted by Crippen LogP contribution is -2.08. The zero-order valence-corrected chi connectivity index (χ0v) is 19.3. The third kappa shape index (κ3) is 7.04. The number of carbonyl (C=O) groups is 1. The maximum atomic E-state index is 12.4. The van der Waals surface area contributed by atoms with E-state index < -0.39 is 0 Å². The lowest BCUT2D eigenvalue weighted by Gasteiger charge is -2.15. The predicted molar refractivity (Wildman–Crippen MR) is 130 cm³/mol. The molecule has 3 aromatic carbocycles. The maximum Gasteiger partial charge on any atom is 0.248 e. The lowest BCUT2D eigenvalue weighted by molar-refractivity contribution is -0.111. The van der Waals surface area contributed by atoms with Crippen LogP contribution in [0.5, 0.6) is 23.0 Å². The third-order valence-electron chi connectivity index (χ3n) is 4.63. The van der Waals surface area contributed by atoms with Crippen molar-refractivity contribution in [1.82, 2.24) is 0 Å². The van der Waals surface area contributed by atoms with Crippen molar-refractivity contribution in [2.75, 3.05) is 19.5 Å². The van der Waals surface area contributed by atoms with Gasteiger partial charge in [-0.2, -0.15) is 0 Å². The Hall–Kier alpha value is -3.93. The van der Waals surface area contributed by atoms with Crippen molar-refractivity contribution in [1.29, 1.82) is 0 Å². The average molecular weight is 448 g/mol. The van der Waals surface area contributed by atoms with E-state index in [1.165, 1.54) is 6.08 Å². The summed E-state index contributed by atoms with van der Waals surface area (Å²) in [6.07, 6.45) is 3.24. The molecule has 0 aliphatic rings. The van der Waals surface area contributed by atoms with Crippen LogP contribution < -0.4 is 24.3 Å². The molecule has 0 saturated carbocycles. The minimum atomic E-state index is -0.255. The van der Waals surface area contributed by atoms with Crippen LogP contribution in [0.3, 0.4) is 0 Å². The Kier molecular flexibility index (Phi) is 8.36. The number of carbonyl (C=O) groups excluding carboxylic acids is 1. The molecular weight excluding hydrogens is 418 g/mol. The Balaban J connectivity index is 1.68. The van der Waals surface area contributed by atoms with Crippen molar-refractivity contribution in [3.63, 3.8) is 0 Å². The van der Waals surface area contributed by atoms with E-state index in [-0.39, 0.29) is 12.0 Å². The molecule has 6 heteroatoms. The first kappa shape index (κ1) is 23.7. The minimum Gasteiger partial charge on any atom is -0.493 e. The first-order valence-electron chi connectivity index (χ1n) is 10.7. The van der Waals surface area contributed by atoms with Crippen molar-refractivity contribution >= 4 is 17.7 Å². The zero-order chi connectivity index (χ0) is 23.6. The van der Waals surface area contributed by atoms with E-state index in [9.17, 15) is 4.79 Å². The number of ether oxygens (including phenoxy) is 4. The zero-order valence-electron chi connectivity index (χ0n) is 19.3. The number of amides is 1. The highest BCUT2D eigenvalue weighted by Crippen LogP contribution is 2.39. The molecule has 0 fully saturated rings. The number of methoxy groups -OCH3 is 2. The number of anilines is 1. The van der Waals surface area contributed by atoms with Crippen molar-refractivity contribution in [2.24, 2.45) is 0 Å². The topological polar surface area (TPSA) is 66.0 Å². The number of rotatable bonds is 10. The molecule has 0 spiro atoms. The summed E-state index contributed by atoms with van der Waals surface area (Å²) in [4.78, 5) is 12.4. The molecule has 0 heterocycles. The molecule has 33 heavy (non-hydrogen) atoms. The van der Waals surface area contributed by atoms with Gasteiger partial charge in [-0.1, -0.05) is 30.3 Å².